The molecule has 1 aromatic carbocycles. The Bertz CT molecular complexity index is 610. The Morgan fingerprint density at radius 1 is 1.09 bits per heavy atom. The summed E-state index contributed by atoms with van der Waals surface area (Å²) in [4.78, 5) is 24.5. The lowest BCUT2D eigenvalue weighted by Crippen LogP contribution is -2.37. The van der Waals surface area contributed by atoms with Crippen LogP contribution in [0, 0.1) is 0 Å². The molecule has 2 N–H and O–H groups in total. The van der Waals surface area contributed by atoms with Gasteiger partial charge in [0.15, 0.2) is 6.04 Å². The van der Waals surface area contributed by atoms with Crippen LogP contribution in [-0.2, 0) is 19.1 Å². The largest absolute Gasteiger partial charge is 0.464 e. The molecule has 0 fully saturated rings. The van der Waals surface area contributed by atoms with Crippen LogP contribution in [0.4, 0.5) is 11.4 Å². The highest BCUT2D eigenvalue weighted by Gasteiger charge is 2.34. The number of allylic oxidation sites excluding steroid dienone is 1. The van der Waals surface area contributed by atoms with Gasteiger partial charge in [-0.2, -0.15) is 0 Å². The van der Waals surface area contributed by atoms with E-state index in [0.717, 1.165) is 11.4 Å². The van der Waals surface area contributed by atoms with Crippen molar-refractivity contribution in [2.45, 2.75) is 26.8 Å². The molecule has 1 aliphatic rings. The van der Waals surface area contributed by atoms with Gasteiger partial charge in [-0.25, -0.2) is 9.59 Å². The molecule has 0 amide bonds. The average molecular weight is 304 g/mol. The zero-order chi connectivity index (χ0) is 16.1. The number of benzene rings is 1. The van der Waals surface area contributed by atoms with Gasteiger partial charge in [-0.15, -0.1) is 0 Å². The number of esters is 2. The lowest BCUT2D eigenvalue weighted by molar-refractivity contribution is -0.146. The van der Waals surface area contributed by atoms with Crippen molar-refractivity contribution in [1.82, 2.24) is 0 Å². The molecule has 2 rings (SSSR count). The smallest absolute Gasteiger partial charge is 0.338 e. The fraction of sp³-hybridized carbons (Fsp3) is 0.375. The number of fused-ring (bicyclic) bond motifs is 1. The third-order valence-electron chi connectivity index (χ3n) is 3.26. The predicted molar refractivity (Wildman–Crippen MR) is 83.4 cm³/mol. The van der Waals surface area contributed by atoms with Crippen LogP contribution in [0.5, 0.6) is 0 Å². The van der Waals surface area contributed by atoms with E-state index in [4.69, 9.17) is 9.47 Å². The number of anilines is 2. The summed E-state index contributed by atoms with van der Waals surface area (Å²) in [5.41, 5.74) is 2.30. The Labute approximate surface area is 129 Å². The molecule has 22 heavy (non-hydrogen) atoms. The van der Waals surface area contributed by atoms with Crippen molar-refractivity contribution in [3.05, 3.63) is 35.5 Å². The van der Waals surface area contributed by atoms with Gasteiger partial charge in [0.25, 0.3) is 0 Å². The van der Waals surface area contributed by atoms with E-state index in [1.165, 1.54) is 0 Å². The number of ether oxygens (including phenoxy) is 2. The molecule has 1 aromatic rings. The molecular weight excluding hydrogens is 284 g/mol. The van der Waals surface area contributed by atoms with Crippen molar-refractivity contribution in [2.24, 2.45) is 0 Å². The van der Waals surface area contributed by atoms with Crippen LogP contribution >= 0.6 is 0 Å². The van der Waals surface area contributed by atoms with Crippen molar-refractivity contribution in [1.29, 1.82) is 0 Å². The molecule has 6 nitrogen and oxygen atoms in total. The molecule has 0 spiro atoms. The molecular formula is C16H20N2O4. The molecule has 0 bridgehead atoms. The number of hydrogen-bond acceptors (Lipinski definition) is 6. The molecule has 118 valence electrons. The van der Waals surface area contributed by atoms with Gasteiger partial charge < -0.3 is 20.1 Å². The summed E-state index contributed by atoms with van der Waals surface area (Å²) in [5, 5.41) is 6.22. The summed E-state index contributed by atoms with van der Waals surface area (Å²) in [6.07, 6.45) is 0. The summed E-state index contributed by atoms with van der Waals surface area (Å²) in [6, 6.07) is 6.50. The molecule has 1 atom stereocenters. The monoisotopic (exact) mass is 304 g/mol. The summed E-state index contributed by atoms with van der Waals surface area (Å²) >= 11 is 0. The summed E-state index contributed by atoms with van der Waals surface area (Å²) in [7, 11) is 0. The summed E-state index contributed by atoms with van der Waals surface area (Å²) in [5.74, 6) is -1.05. The van der Waals surface area contributed by atoms with E-state index < -0.39 is 18.0 Å². The second-order valence-electron chi connectivity index (χ2n) is 4.76. The minimum absolute atomic E-state index is 0.233. The fourth-order valence-electron chi connectivity index (χ4n) is 2.31. The van der Waals surface area contributed by atoms with Crippen LogP contribution < -0.4 is 10.6 Å². The van der Waals surface area contributed by atoms with Gasteiger partial charge in [0.1, 0.15) is 0 Å². The van der Waals surface area contributed by atoms with E-state index in [0.29, 0.717) is 5.70 Å². The second kappa shape index (κ2) is 6.98. The number of carbonyl (C=O) groups is 2. The van der Waals surface area contributed by atoms with Crippen molar-refractivity contribution in [2.75, 3.05) is 23.8 Å². The maximum atomic E-state index is 12.3. The average Bonchev–Trinajstić information content (AvgIpc) is 2.63. The van der Waals surface area contributed by atoms with Crippen molar-refractivity contribution in [3.63, 3.8) is 0 Å². The van der Waals surface area contributed by atoms with Crippen LogP contribution in [0.2, 0.25) is 0 Å². The lowest BCUT2D eigenvalue weighted by atomic mass is 10.1. The summed E-state index contributed by atoms with van der Waals surface area (Å²) in [6.45, 7) is 5.66. The van der Waals surface area contributed by atoms with Crippen LogP contribution in [-0.4, -0.2) is 31.2 Å². The number of para-hydroxylation sites is 2. The third kappa shape index (κ3) is 3.21. The highest BCUT2D eigenvalue weighted by molar-refractivity contribution is 6.02. The highest BCUT2D eigenvalue weighted by atomic mass is 16.5. The molecule has 0 aliphatic carbocycles. The molecule has 1 unspecified atom stereocenters. The van der Waals surface area contributed by atoms with Crippen molar-refractivity contribution >= 4 is 23.3 Å². The molecule has 0 saturated heterocycles. The van der Waals surface area contributed by atoms with E-state index in [1.807, 2.05) is 24.3 Å². The minimum atomic E-state index is -0.907. The minimum Gasteiger partial charge on any atom is -0.464 e. The third-order valence-corrected chi connectivity index (χ3v) is 3.26. The van der Waals surface area contributed by atoms with Gasteiger partial charge in [-0.05, 0) is 32.9 Å². The Hall–Kier alpha value is -2.50. The Morgan fingerprint density at radius 2 is 1.73 bits per heavy atom. The van der Waals surface area contributed by atoms with Gasteiger partial charge in [-0.1, -0.05) is 12.1 Å². The fourth-order valence-corrected chi connectivity index (χ4v) is 2.31. The Balaban J connectivity index is 2.46. The maximum Gasteiger partial charge on any atom is 0.338 e. The zero-order valence-corrected chi connectivity index (χ0v) is 12.9. The highest BCUT2D eigenvalue weighted by Crippen LogP contribution is 2.30. The molecule has 1 heterocycles. The van der Waals surface area contributed by atoms with E-state index in [-0.39, 0.29) is 18.8 Å². The lowest BCUT2D eigenvalue weighted by Gasteiger charge is -2.19. The first-order valence-corrected chi connectivity index (χ1v) is 7.25. The normalized spacial score (nSPS) is 16.8. The first-order chi connectivity index (χ1) is 10.6. The quantitative estimate of drug-likeness (QED) is 0.831. The van der Waals surface area contributed by atoms with Gasteiger partial charge >= 0.3 is 11.9 Å². The van der Waals surface area contributed by atoms with Crippen LogP contribution in [0.3, 0.4) is 0 Å². The second-order valence-corrected chi connectivity index (χ2v) is 4.76. The van der Waals surface area contributed by atoms with Gasteiger partial charge in [0.2, 0.25) is 0 Å². The van der Waals surface area contributed by atoms with E-state index in [2.05, 4.69) is 10.6 Å². The van der Waals surface area contributed by atoms with Crippen molar-refractivity contribution in [3.8, 4) is 0 Å². The first-order valence-electron chi connectivity index (χ1n) is 7.25. The predicted octanol–water partition coefficient (Wildman–Crippen LogP) is 2.29. The zero-order valence-electron chi connectivity index (χ0n) is 12.9. The van der Waals surface area contributed by atoms with Crippen molar-refractivity contribution < 1.29 is 19.1 Å². The van der Waals surface area contributed by atoms with E-state index >= 15 is 0 Å². The van der Waals surface area contributed by atoms with E-state index in [9.17, 15) is 9.59 Å². The van der Waals surface area contributed by atoms with Gasteiger partial charge in [0.05, 0.1) is 30.2 Å². The van der Waals surface area contributed by atoms with Crippen LogP contribution in [0.1, 0.15) is 20.8 Å². The van der Waals surface area contributed by atoms with Gasteiger partial charge in [0, 0.05) is 5.70 Å². The van der Waals surface area contributed by atoms with Gasteiger partial charge in [-0.3, -0.25) is 0 Å². The number of rotatable bonds is 4. The first kappa shape index (κ1) is 15.9. The maximum absolute atomic E-state index is 12.3. The van der Waals surface area contributed by atoms with E-state index in [1.54, 1.807) is 20.8 Å². The molecule has 6 heteroatoms. The topological polar surface area (TPSA) is 76.7 Å². The number of carbonyl (C=O) groups excluding carboxylic acids is 2. The van der Waals surface area contributed by atoms with Crippen LogP contribution in [0.15, 0.2) is 35.5 Å². The molecule has 1 aliphatic heterocycles. The van der Waals surface area contributed by atoms with Crippen LogP contribution in [0.25, 0.3) is 0 Å². The molecule has 0 radical (unpaired) electrons. The number of nitrogens with one attached hydrogen (secondary N) is 2. The summed E-state index contributed by atoms with van der Waals surface area (Å²) < 4.78 is 10.2. The molecule has 0 saturated carbocycles. The Morgan fingerprint density at radius 3 is 2.36 bits per heavy atom. The SMILES string of the molecule is CCOC(=O)C1=C(C)Nc2ccccc2NC1C(=O)OCC. The standard InChI is InChI=1S/C16H20N2O4/c1-4-21-15(19)13-10(3)17-11-8-6-7-9-12(11)18-14(13)16(20)22-5-2/h6-9,14,17-18H,4-5H2,1-3H3. The molecule has 0 aromatic heterocycles. The number of hydrogen-bond donors (Lipinski definition) is 2. The Kier molecular flexibility index (Phi) is 5.04.